The number of hydrogen-bond acceptors (Lipinski definition) is 3. The van der Waals surface area contributed by atoms with Crippen molar-refractivity contribution in [3.05, 3.63) is 0 Å². The summed E-state index contributed by atoms with van der Waals surface area (Å²) in [6, 6.07) is 0. The molecule has 3 heteroatoms. The molecule has 74 valence electrons. The molecule has 0 atom stereocenters. The molecule has 0 bridgehead atoms. The molecule has 0 aromatic carbocycles. The third kappa shape index (κ3) is 9.88. The van der Waals surface area contributed by atoms with Gasteiger partial charge < -0.3 is 14.8 Å². The maximum Gasteiger partial charge on any atom is 0.0701 e. The zero-order chi connectivity index (χ0) is 9.07. The van der Waals surface area contributed by atoms with Gasteiger partial charge >= 0.3 is 0 Å². The zero-order valence-electron chi connectivity index (χ0n) is 8.27. The molecule has 0 spiro atoms. The Labute approximate surface area is 75.4 Å². The summed E-state index contributed by atoms with van der Waals surface area (Å²) in [7, 11) is 0. The monoisotopic (exact) mass is 175 g/mol. The van der Waals surface area contributed by atoms with E-state index in [0.29, 0.717) is 6.61 Å². The summed E-state index contributed by atoms with van der Waals surface area (Å²) >= 11 is 0. The number of nitrogens with one attached hydrogen (secondary N) is 1. The molecular formula is C9H21NO2. The second-order valence-electron chi connectivity index (χ2n) is 2.58. The molecule has 0 unspecified atom stereocenters. The van der Waals surface area contributed by atoms with Crippen molar-refractivity contribution < 1.29 is 9.47 Å². The van der Waals surface area contributed by atoms with Crippen LogP contribution in [0.3, 0.4) is 0 Å². The van der Waals surface area contributed by atoms with Crippen molar-refractivity contribution in [3.8, 4) is 0 Å². The second-order valence-corrected chi connectivity index (χ2v) is 2.58. The van der Waals surface area contributed by atoms with Gasteiger partial charge in [-0.05, 0) is 13.0 Å². The standard InChI is InChI=1S/C9H21NO2/c1-3-6-11-8-9-12-7-5-10-4-2/h10H,3-9H2,1-2H3. The molecule has 1 N–H and O–H groups in total. The average molecular weight is 175 g/mol. The van der Waals surface area contributed by atoms with Crippen molar-refractivity contribution in [1.29, 1.82) is 0 Å². The minimum absolute atomic E-state index is 0.714. The number of rotatable bonds is 9. The lowest BCUT2D eigenvalue weighted by molar-refractivity contribution is 0.0492. The van der Waals surface area contributed by atoms with Crippen LogP contribution >= 0.6 is 0 Å². The highest BCUT2D eigenvalue weighted by molar-refractivity contribution is 4.40. The Balaban J connectivity index is 2.73. The molecule has 0 fully saturated rings. The van der Waals surface area contributed by atoms with Crippen LogP contribution in [0.1, 0.15) is 20.3 Å². The predicted molar refractivity (Wildman–Crippen MR) is 50.5 cm³/mol. The normalized spacial score (nSPS) is 10.5. The Hall–Kier alpha value is -0.120. The van der Waals surface area contributed by atoms with E-state index >= 15 is 0 Å². The van der Waals surface area contributed by atoms with Gasteiger partial charge in [0.2, 0.25) is 0 Å². The first kappa shape index (κ1) is 11.9. The van der Waals surface area contributed by atoms with Gasteiger partial charge in [-0.2, -0.15) is 0 Å². The van der Waals surface area contributed by atoms with Gasteiger partial charge in [0.25, 0.3) is 0 Å². The van der Waals surface area contributed by atoms with Crippen LogP contribution in [0.2, 0.25) is 0 Å². The number of hydrogen-bond donors (Lipinski definition) is 1. The van der Waals surface area contributed by atoms with E-state index in [2.05, 4.69) is 19.2 Å². The number of ether oxygens (including phenoxy) is 2. The van der Waals surface area contributed by atoms with E-state index < -0.39 is 0 Å². The van der Waals surface area contributed by atoms with Gasteiger partial charge in [-0.15, -0.1) is 0 Å². The molecule has 12 heavy (non-hydrogen) atoms. The van der Waals surface area contributed by atoms with Crippen LogP contribution in [0.5, 0.6) is 0 Å². The fourth-order valence-corrected chi connectivity index (χ4v) is 0.787. The summed E-state index contributed by atoms with van der Waals surface area (Å²) in [6.45, 7) is 9.20. The summed E-state index contributed by atoms with van der Waals surface area (Å²) in [5.41, 5.74) is 0. The predicted octanol–water partition coefficient (Wildman–Crippen LogP) is 1.04. The topological polar surface area (TPSA) is 30.5 Å². The Bertz CT molecular complexity index is 68.9. The lowest BCUT2D eigenvalue weighted by Crippen LogP contribution is -2.20. The Morgan fingerprint density at radius 2 is 1.58 bits per heavy atom. The van der Waals surface area contributed by atoms with Crippen LogP contribution in [0, 0.1) is 0 Å². The second kappa shape index (κ2) is 10.9. The molecule has 0 radical (unpaired) electrons. The molecule has 0 amide bonds. The maximum atomic E-state index is 5.29. The van der Waals surface area contributed by atoms with Gasteiger partial charge in [0, 0.05) is 13.2 Å². The SMILES string of the molecule is CCCOCCOCCNCC. The minimum Gasteiger partial charge on any atom is -0.379 e. The van der Waals surface area contributed by atoms with E-state index in [4.69, 9.17) is 9.47 Å². The molecule has 3 nitrogen and oxygen atoms in total. The van der Waals surface area contributed by atoms with Crippen molar-refractivity contribution >= 4 is 0 Å². The first-order valence-corrected chi connectivity index (χ1v) is 4.78. The molecule has 0 aliphatic carbocycles. The largest absolute Gasteiger partial charge is 0.379 e. The molecule has 0 aromatic rings. The van der Waals surface area contributed by atoms with Crippen LogP contribution in [0.4, 0.5) is 0 Å². The number of likely N-dealkylation sites (N-methyl/N-ethyl adjacent to an activating group) is 1. The van der Waals surface area contributed by atoms with Crippen molar-refractivity contribution in [2.75, 3.05) is 39.5 Å². The first-order chi connectivity index (χ1) is 5.91. The molecule has 0 saturated heterocycles. The molecule has 0 rings (SSSR count). The van der Waals surface area contributed by atoms with E-state index in [1.165, 1.54) is 0 Å². The summed E-state index contributed by atoms with van der Waals surface area (Å²) in [5, 5.41) is 3.18. The van der Waals surface area contributed by atoms with Gasteiger partial charge in [0.05, 0.1) is 19.8 Å². The van der Waals surface area contributed by atoms with Crippen LogP contribution in [0.15, 0.2) is 0 Å². The quantitative estimate of drug-likeness (QED) is 0.531. The highest BCUT2D eigenvalue weighted by Crippen LogP contribution is 1.81. The lowest BCUT2D eigenvalue weighted by Gasteiger charge is -2.04. The minimum atomic E-state index is 0.714. The van der Waals surface area contributed by atoms with E-state index in [1.807, 2.05) is 0 Å². The van der Waals surface area contributed by atoms with Crippen molar-refractivity contribution in [2.45, 2.75) is 20.3 Å². The van der Waals surface area contributed by atoms with Crippen molar-refractivity contribution in [3.63, 3.8) is 0 Å². The molecular weight excluding hydrogens is 154 g/mol. The van der Waals surface area contributed by atoms with E-state index in [-0.39, 0.29) is 0 Å². The maximum absolute atomic E-state index is 5.29. The summed E-state index contributed by atoms with van der Waals surface area (Å²) < 4.78 is 10.5. The highest BCUT2D eigenvalue weighted by atomic mass is 16.5. The first-order valence-electron chi connectivity index (χ1n) is 4.78. The third-order valence-electron chi connectivity index (χ3n) is 1.39. The third-order valence-corrected chi connectivity index (χ3v) is 1.39. The smallest absolute Gasteiger partial charge is 0.0701 e. The molecule has 0 aliphatic rings. The fraction of sp³-hybridized carbons (Fsp3) is 1.00. The summed E-state index contributed by atoms with van der Waals surface area (Å²) in [5.74, 6) is 0. The average Bonchev–Trinajstić information content (AvgIpc) is 2.10. The molecule has 0 aromatic heterocycles. The highest BCUT2D eigenvalue weighted by Gasteiger charge is 1.87. The molecule has 0 saturated carbocycles. The molecule has 0 aliphatic heterocycles. The van der Waals surface area contributed by atoms with Crippen LogP contribution in [0.25, 0.3) is 0 Å². The van der Waals surface area contributed by atoms with Gasteiger partial charge in [-0.3, -0.25) is 0 Å². The Morgan fingerprint density at radius 3 is 2.17 bits per heavy atom. The van der Waals surface area contributed by atoms with Crippen LogP contribution < -0.4 is 5.32 Å². The Morgan fingerprint density at radius 1 is 0.917 bits per heavy atom. The van der Waals surface area contributed by atoms with E-state index in [1.54, 1.807) is 0 Å². The van der Waals surface area contributed by atoms with Crippen molar-refractivity contribution in [2.24, 2.45) is 0 Å². The Kier molecular flexibility index (Phi) is 10.8. The lowest BCUT2D eigenvalue weighted by atomic mass is 10.5. The molecule has 0 heterocycles. The fourth-order valence-electron chi connectivity index (χ4n) is 0.787. The van der Waals surface area contributed by atoms with Crippen molar-refractivity contribution in [1.82, 2.24) is 5.32 Å². The van der Waals surface area contributed by atoms with E-state index in [0.717, 1.165) is 39.3 Å². The van der Waals surface area contributed by atoms with Gasteiger partial charge in [-0.25, -0.2) is 0 Å². The van der Waals surface area contributed by atoms with E-state index in [9.17, 15) is 0 Å². The zero-order valence-corrected chi connectivity index (χ0v) is 8.27. The van der Waals surface area contributed by atoms with Gasteiger partial charge in [-0.1, -0.05) is 13.8 Å². The van der Waals surface area contributed by atoms with Gasteiger partial charge in [0.15, 0.2) is 0 Å². The van der Waals surface area contributed by atoms with Gasteiger partial charge in [0.1, 0.15) is 0 Å². The van der Waals surface area contributed by atoms with Crippen LogP contribution in [-0.4, -0.2) is 39.5 Å². The summed E-state index contributed by atoms with van der Waals surface area (Å²) in [4.78, 5) is 0. The summed E-state index contributed by atoms with van der Waals surface area (Å²) in [6.07, 6.45) is 1.08. The van der Waals surface area contributed by atoms with Crippen LogP contribution in [-0.2, 0) is 9.47 Å².